The molecule has 1 unspecified atom stereocenters. The summed E-state index contributed by atoms with van der Waals surface area (Å²) in [6.07, 6.45) is 2.24. The minimum atomic E-state index is 0.0557. The number of hydrogen-bond donors (Lipinski definition) is 2. The molecule has 0 aliphatic carbocycles. The predicted octanol–water partition coefficient (Wildman–Crippen LogP) is 2.15. The molecule has 1 saturated heterocycles. The molecular formula is C13H18BrNO2. The normalized spacial score (nSPS) is 20.6. The Hall–Kier alpha value is -0.580. The highest BCUT2D eigenvalue weighted by Crippen LogP contribution is 2.27. The number of piperidine rings is 1. The number of aliphatic hydroxyl groups is 2. The van der Waals surface area contributed by atoms with Crippen LogP contribution in [0.4, 0.5) is 5.69 Å². The molecule has 0 saturated carbocycles. The molecule has 0 amide bonds. The van der Waals surface area contributed by atoms with Gasteiger partial charge in [0, 0.05) is 29.9 Å². The monoisotopic (exact) mass is 299 g/mol. The molecular weight excluding hydrogens is 282 g/mol. The van der Waals surface area contributed by atoms with E-state index in [9.17, 15) is 5.11 Å². The number of rotatable bonds is 3. The van der Waals surface area contributed by atoms with Crippen LogP contribution in [0.2, 0.25) is 0 Å². The summed E-state index contributed by atoms with van der Waals surface area (Å²) in [6.45, 7) is 2.29. The average molecular weight is 300 g/mol. The highest BCUT2D eigenvalue weighted by atomic mass is 79.9. The van der Waals surface area contributed by atoms with E-state index in [4.69, 9.17) is 5.11 Å². The maximum absolute atomic E-state index is 9.22. The first kappa shape index (κ1) is 12.9. The lowest BCUT2D eigenvalue weighted by Crippen LogP contribution is -2.36. The van der Waals surface area contributed by atoms with Crippen LogP contribution in [0, 0.1) is 5.92 Å². The number of benzene rings is 1. The van der Waals surface area contributed by atoms with Gasteiger partial charge in [0.2, 0.25) is 0 Å². The van der Waals surface area contributed by atoms with Crippen molar-refractivity contribution in [1.29, 1.82) is 0 Å². The first-order valence-electron chi connectivity index (χ1n) is 5.99. The second-order valence-corrected chi connectivity index (χ2v) is 5.43. The molecule has 2 rings (SSSR count). The summed E-state index contributed by atoms with van der Waals surface area (Å²) >= 11 is 3.47. The van der Waals surface area contributed by atoms with Crippen LogP contribution in [0.1, 0.15) is 18.4 Å². The van der Waals surface area contributed by atoms with E-state index in [2.05, 4.69) is 20.8 Å². The lowest BCUT2D eigenvalue weighted by Gasteiger charge is -2.33. The zero-order valence-corrected chi connectivity index (χ0v) is 11.4. The van der Waals surface area contributed by atoms with E-state index in [0.717, 1.165) is 41.7 Å². The molecule has 4 heteroatoms. The van der Waals surface area contributed by atoms with Gasteiger partial charge in [-0.3, -0.25) is 0 Å². The fourth-order valence-electron chi connectivity index (χ4n) is 2.31. The van der Waals surface area contributed by atoms with Gasteiger partial charge in [-0.2, -0.15) is 0 Å². The first-order valence-corrected chi connectivity index (χ1v) is 6.79. The Bertz CT molecular complexity index is 384. The molecule has 0 spiro atoms. The number of hydrogen-bond acceptors (Lipinski definition) is 3. The van der Waals surface area contributed by atoms with Gasteiger partial charge in [0.1, 0.15) is 0 Å². The Labute approximate surface area is 110 Å². The number of aliphatic hydroxyl groups excluding tert-OH is 2. The van der Waals surface area contributed by atoms with Gasteiger partial charge in [-0.15, -0.1) is 0 Å². The van der Waals surface area contributed by atoms with Crippen LogP contribution in [0.5, 0.6) is 0 Å². The zero-order valence-electron chi connectivity index (χ0n) is 9.77. The molecule has 1 aliphatic rings. The van der Waals surface area contributed by atoms with E-state index in [1.165, 1.54) is 0 Å². The Kier molecular flexibility index (Phi) is 4.42. The third-order valence-corrected chi connectivity index (χ3v) is 4.09. The van der Waals surface area contributed by atoms with Gasteiger partial charge in [0.05, 0.1) is 6.61 Å². The van der Waals surface area contributed by atoms with Crippen LogP contribution in [0.3, 0.4) is 0 Å². The summed E-state index contributed by atoms with van der Waals surface area (Å²) in [7, 11) is 0. The molecule has 1 aliphatic heterocycles. The van der Waals surface area contributed by atoms with E-state index in [0.29, 0.717) is 5.92 Å². The predicted molar refractivity (Wildman–Crippen MR) is 72.1 cm³/mol. The molecule has 1 aromatic carbocycles. The van der Waals surface area contributed by atoms with Crippen molar-refractivity contribution in [2.24, 2.45) is 5.92 Å². The van der Waals surface area contributed by atoms with Crippen LogP contribution < -0.4 is 4.90 Å². The number of halogens is 1. The largest absolute Gasteiger partial charge is 0.396 e. The molecule has 0 aromatic heterocycles. The molecule has 0 bridgehead atoms. The van der Waals surface area contributed by atoms with Crippen molar-refractivity contribution >= 4 is 21.6 Å². The van der Waals surface area contributed by atoms with E-state index in [1.807, 2.05) is 18.2 Å². The van der Waals surface area contributed by atoms with Crippen molar-refractivity contribution in [1.82, 2.24) is 0 Å². The Morgan fingerprint density at radius 3 is 2.82 bits per heavy atom. The molecule has 1 aromatic rings. The van der Waals surface area contributed by atoms with E-state index in [1.54, 1.807) is 0 Å². The molecule has 2 N–H and O–H groups in total. The maximum Gasteiger partial charge on any atom is 0.0692 e. The van der Waals surface area contributed by atoms with Crippen molar-refractivity contribution in [3.05, 3.63) is 28.2 Å². The van der Waals surface area contributed by atoms with Gasteiger partial charge in [0.25, 0.3) is 0 Å². The highest BCUT2D eigenvalue weighted by molar-refractivity contribution is 9.10. The molecule has 1 atom stereocenters. The third kappa shape index (κ3) is 3.00. The van der Waals surface area contributed by atoms with Crippen molar-refractivity contribution in [2.45, 2.75) is 19.4 Å². The maximum atomic E-state index is 9.22. The van der Waals surface area contributed by atoms with E-state index < -0.39 is 0 Å². The summed E-state index contributed by atoms with van der Waals surface area (Å²) < 4.78 is 0.948. The fourth-order valence-corrected chi connectivity index (χ4v) is 2.80. The second-order valence-electron chi connectivity index (χ2n) is 4.57. The fraction of sp³-hybridized carbons (Fsp3) is 0.538. The average Bonchev–Trinajstić information content (AvgIpc) is 2.38. The van der Waals surface area contributed by atoms with Gasteiger partial charge in [-0.05, 0) is 36.5 Å². The molecule has 94 valence electrons. The van der Waals surface area contributed by atoms with Crippen molar-refractivity contribution in [3.63, 3.8) is 0 Å². The Balaban J connectivity index is 2.13. The molecule has 1 heterocycles. The van der Waals surface area contributed by atoms with E-state index >= 15 is 0 Å². The van der Waals surface area contributed by atoms with Crippen molar-refractivity contribution in [2.75, 3.05) is 24.6 Å². The van der Waals surface area contributed by atoms with Gasteiger partial charge in [-0.1, -0.05) is 22.0 Å². The number of nitrogens with zero attached hydrogens (tertiary/aromatic N) is 1. The van der Waals surface area contributed by atoms with Gasteiger partial charge < -0.3 is 15.1 Å². The topological polar surface area (TPSA) is 43.7 Å². The zero-order chi connectivity index (χ0) is 12.3. The quantitative estimate of drug-likeness (QED) is 0.899. The summed E-state index contributed by atoms with van der Waals surface area (Å²) in [5, 5.41) is 18.3. The SMILES string of the molecule is OCc1ccc(N2CCCC(CO)C2)cc1Br. The summed E-state index contributed by atoms with van der Waals surface area (Å²) in [6, 6.07) is 6.03. The van der Waals surface area contributed by atoms with Crippen LogP contribution in [0.15, 0.2) is 22.7 Å². The third-order valence-electron chi connectivity index (χ3n) is 3.35. The standard InChI is InChI=1S/C13H18BrNO2/c14-13-6-12(4-3-11(13)9-17)15-5-1-2-10(7-15)8-16/h3-4,6,10,16-17H,1-2,5,7-9H2. The summed E-state index contributed by atoms with van der Waals surface area (Å²) in [5.41, 5.74) is 2.07. The van der Waals surface area contributed by atoms with Crippen LogP contribution in [0.25, 0.3) is 0 Å². The summed E-state index contributed by atoms with van der Waals surface area (Å²) in [4.78, 5) is 2.30. The van der Waals surface area contributed by atoms with Crippen LogP contribution >= 0.6 is 15.9 Å². The van der Waals surface area contributed by atoms with Gasteiger partial charge >= 0.3 is 0 Å². The second kappa shape index (κ2) is 5.85. The first-order chi connectivity index (χ1) is 8.24. The lowest BCUT2D eigenvalue weighted by atomic mass is 9.98. The minimum Gasteiger partial charge on any atom is -0.396 e. The molecule has 0 radical (unpaired) electrons. The molecule has 3 nitrogen and oxygen atoms in total. The van der Waals surface area contributed by atoms with Crippen molar-refractivity contribution < 1.29 is 10.2 Å². The minimum absolute atomic E-state index is 0.0557. The van der Waals surface area contributed by atoms with Crippen LogP contribution in [-0.4, -0.2) is 29.9 Å². The lowest BCUT2D eigenvalue weighted by molar-refractivity contribution is 0.208. The van der Waals surface area contributed by atoms with Gasteiger partial charge in [0.15, 0.2) is 0 Å². The number of anilines is 1. The smallest absolute Gasteiger partial charge is 0.0692 e. The Morgan fingerprint density at radius 1 is 1.35 bits per heavy atom. The van der Waals surface area contributed by atoms with Crippen LogP contribution in [-0.2, 0) is 6.61 Å². The molecule has 1 fully saturated rings. The molecule has 17 heavy (non-hydrogen) atoms. The summed E-state index contributed by atoms with van der Waals surface area (Å²) in [5.74, 6) is 0.389. The van der Waals surface area contributed by atoms with Gasteiger partial charge in [-0.25, -0.2) is 0 Å². The van der Waals surface area contributed by atoms with Crippen molar-refractivity contribution in [3.8, 4) is 0 Å². The highest BCUT2D eigenvalue weighted by Gasteiger charge is 2.19. The Morgan fingerprint density at radius 2 is 2.18 bits per heavy atom. The van der Waals surface area contributed by atoms with E-state index in [-0.39, 0.29) is 13.2 Å².